The molecule has 0 aliphatic carbocycles. The molecule has 0 unspecified atom stereocenters. The number of nitrogens with one attached hydrogen (secondary N) is 1. The Kier molecular flexibility index (Phi) is 6.44. The molecule has 1 aromatic heterocycles. The molecule has 0 atom stereocenters. The van der Waals surface area contributed by atoms with Gasteiger partial charge in [0.05, 0.1) is 21.3 Å². The zero-order chi connectivity index (χ0) is 20.4. The van der Waals surface area contributed by atoms with Crippen molar-refractivity contribution in [3.63, 3.8) is 0 Å². The molecule has 2 aromatic carbocycles. The SMILES string of the molecule is Cc1cc(N/N=C/c2cc(Cl)cc(Cl)c2O)nc(-c2cc(Br)cc(Br)c2O)n1. The Balaban J connectivity index is 1.91. The summed E-state index contributed by atoms with van der Waals surface area (Å²) in [5.74, 6) is 0.634. The van der Waals surface area contributed by atoms with E-state index < -0.39 is 0 Å². The summed E-state index contributed by atoms with van der Waals surface area (Å²) in [6.07, 6.45) is 1.37. The molecule has 3 N–H and O–H groups in total. The average Bonchev–Trinajstić information content (AvgIpc) is 2.61. The molecule has 0 saturated carbocycles. The quantitative estimate of drug-likeness (QED) is 0.270. The van der Waals surface area contributed by atoms with Gasteiger partial charge in [0.25, 0.3) is 0 Å². The van der Waals surface area contributed by atoms with Gasteiger partial charge >= 0.3 is 0 Å². The van der Waals surface area contributed by atoms with Crippen LogP contribution in [0.25, 0.3) is 11.4 Å². The van der Waals surface area contributed by atoms with Crippen molar-refractivity contribution in [1.82, 2.24) is 9.97 Å². The summed E-state index contributed by atoms with van der Waals surface area (Å²) < 4.78 is 1.28. The highest BCUT2D eigenvalue weighted by atomic mass is 79.9. The summed E-state index contributed by atoms with van der Waals surface area (Å²) in [6.45, 7) is 1.80. The van der Waals surface area contributed by atoms with E-state index in [9.17, 15) is 10.2 Å². The van der Waals surface area contributed by atoms with E-state index in [2.05, 4.69) is 52.4 Å². The Labute approximate surface area is 187 Å². The number of aryl methyl sites for hydroxylation is 1. The van der Waals surface area contributed by atoms with Crippen LogP contribution in [0, 0.1) is 6.92 Å². The minimum atomic E-state index is -0.125. The number of hydrogen-bond donors (Lipinski definition) is 3. The fraction of sp³-hybridized carbons (Fsp3) is 0.0556. The molecule has 0 spiro atoms. The number of nitrogens with zero attached hydrogens (tertiary/aromatic N) is 3. The summed E-state index contributed by atoms with van der Waals surface area (Å²) in [4.78, 5) is 8.75. The minimum Gasteiger partial charge on any atom is -0.506 e. The summed E-state index contributed by atoms with van der Waals surface area (Å²) in [5, 5.41) is 24.9. The molecular weight excluding hydrogens is 535 g/mol. The van der Waals surface area contributed by atoms with Crippen molar-refractivity contribution in [2.75, 3.05) is 5.43 Å². The van der Waals surface area contributed by atoms with Gasteiger partial charge in [0.2, 0.25) is 0 Å². The Morgan fingerprint density at radius 1 is 1.04 bits per heavy atom. The number of hydrogen-bond acceptors (Lipinski definition) is 6. The second-order valence-corrected chi connectivity index (χ2v) is 8.31. The Morgan fingerprint density at radius 3 is 2.54 bits per heavy atom. The summed E-state index contributed by atoms with van der Waals surface area (Å²) in [7, 11) is 0. The number of phenolic OH excluding ortho intramolecular Hbond substituents is 2. The normalized spacial score (nSPS) is 11.2. The second-order valence-electron chi connectivity index (χ2n) is 5.70. The number of aromatic nitrogens is 2. The Morgan fingerprint density at radius 2 is 1.79 bits per heavy atom. The Bertz CT molecular complexity index is 1090. The topological polar surface area (TPSA) is 90.6 Å². The van der Waals surface area contributed by atoms with Crippen molar-refractivity contribution in [1.29, 1.82) is 0 Å². The average molecular weight is 547 g/mol. The van der Waals surface area contributed by atoms with Crippen LogP contribution in [0.15, 0.2) is 44.4 Å². The number of anilines is 1. The molecule has 10 heteroatoms. The summed E-state index contributed by atoms with van der Waals surface area (Å²) in [6, 6.07) is 8.10. The fourth-order valence-electron chi connectivity index (χ4n) is 2.33. The highest BCUT2D eigenvalue weighted by Crippen LogP contribution is 2.37. The van der Waals surface area contributed by atoms with E-state index in [0.717, 1.165) is 4.47 Å². The zero-order valence-corrected chi connectivity index (χ0v) is 18.9. The molecule has 28 heavy (non-hydrogen) atoms. The lowest BCUT2D eigenvalue weighted by Gasteiger charge is -2.09. The van der Waals surface area contributed by atoms with Crippen LogP contribution in [-0.2, 0) is 0 Å². The molecule has 0 aliphatic heterocycles. The predicted octanol–water partition coefficient (Wildman–Crippen LogP) is 6.14. The van der Waals surface area contributed by atoms with Crippen molar-refractivity contribution < 1.29 is 10.2 Å². The second kappa shape index (κ2) is 8.65. The van der Waals surface area contributed by atoms with Gasteiger partial charge in [-0.25, -0.2) is 9.97 Å². The highest BCUT2D eigenvalue weighted by molar-refractivity contribution is 9.11. The number of phenols is 2. The van der Waals surface area contributed by atoms with Gasteiger partial charge in [0, 0.05) is 26.8 Å². The summed E-state index contributed by atoms with van der Waals surface area (Å²) >= 11 is 18.5. The Hall–Kier alpha value is -1.87. The van der Waals surface area contributed by atoms with Gasteiger partial charge in [-0.1, -0.05) is 39.1 Å². The number of hydrazone groups is 1. The van der Waals surface area contributed by atoms with Crippen molar-refractivity contribution in [2.24, 2.45) is 5.10 Å². The van der Waals surface area contributed by atoms with Gasteiger partial charge in [-0.05, 0) is 47.1 Å². The largest absolute Gasteiger partial charge is 0.506 e. The van der Waals surface area contributed by atoms with Gasteiger partial charge in [-0.3, -0.25) is 5.43 Å². The zero-order valence-electron chi connectivity index (χ0n) is 14.2. The maximum Gasteiger partial charge on any atom is 0.165 e. The van der Waals surface area contributed by atoms with Crippen molar-refractivity contribution in [3.8, 4) is 22.9 Å². The first kappa shape index (κ1) is 20.9. The molecule has 0 aliphatic rings. The van der Waals surface area contributed by atoms with Crippen LogP contribution in [-0.4, -0.2) is 26.4 Å². The van der Waals surface area contributed by atoms with E-state index in [1.165, 1.54) is 18.3 Å². The maximum atomic E-state index is 10.3. The fourth-order valence-corrected chi connectivity index (χ4v) is 4.07. The van der Waals surface area contributed by atoms with E-state index in [1.807, 2.05) is 0 Å². The van der Waals surface area contributed by atoms with E-state index >= 15 is 0 Å². The number of aromatic hydroxyl groups is 2. The summed E-state index contributed by atoms with van der Waals surface area (Å²) in [5.41, 5.74) is 4.25. The molecule has 0 amide bonds. The van der Waals surface area contributed by atoms with Crippen molar-refractivity contribution in [2.45, 2.75) is 6.92 Å². The lowest BCUT2D eigenvalue weighted by Crippen LogP contribution is -1.99. The molecule has 1 heterocycles. The number of rotatable bonds is 4. The predicted molar refractivity (Wildman–Crippen MR) is 119 cm³/mol. The first-order valence-electron chi connectivity index (χ1n) is 7.75. The van der Waals surface area contributed by atoms with E-state index in [-0.39, 0.29) is 16.5 Å². The molecule has 3 aromatic rings. The number of halogens is 4. The maximum absolute atomic E-state index is 10.3. The lowest BCUT2D eigenvalue weighted by molar-refractivity contribution is 0.473. The van der Waals surface area contributed by atoms with Gasteiger partial charge in [-0.15, -0.1) is 0 Å². The van der Waals surface area contributed by atoms with Crippen LogP contribution in [0.1, 0.15) is 11.3 Å². The van der Waals surface area contributed by atoms with Gasteiger partial charge in [0.1, 0.15) is 11.5 Å². The molecule has 0 saturated heterocycles. The third-order valence-electron chi connectivity index (χ3n) is 3.56. The monoisotopic (exact) mass is 544 g/mol. The third kappa shape index (κ3) is 4.75. The minimum absolute atomic E-state index is 0.0294. The van der Waals surface area contributed by atoms with Crippen LogP contribution in [0.5, 0.6) is 11.5 Å². The van der Waals surface area contributed by atoms with Crippen molar-refractivity contribution >= 4 is 67.1 Å². The standard InChI is InChI=1S/C18H12Br2Cl2N4O2/c1-8-2-15(26-23-7-9-3-11(21)6-14(22)16(9)27)25-18(24-8)12-4-10(19)5-13(20)17(12)28/h2-7,27-28H,1H3,(H,24,25,26)/b23-7+. The molecule has 0 radical (unpaired) electrons. The van der Waals surface area contributed by atoms with Crippen LogP contribution in [0.4, 0.5) is 5.82 Å². The van der Waals surface area contributed by atoms with Gasteiger partial charge in [0.15, 0.2) is 11.6 Å². The van der Waals surface area contributed by atoms with E-state index in [4.69, 9.17) is 23.2 Å². The van der Waals surface area contributed by atoms with Crippen LogP contribution in [0.2, 0.25) is 10.0 Å². The van der Waals surface area contributed by atoms with Gasteiger partial charge in [-0.2, -0.15) is 5.10 Å². The highest BCUT2D eigenvalue weighted by Gasteiger charge is 2.13. The molecule has 6 nitrogen and oxygen atoms in total. The molecule has 0 bridgehead atoms. The van der Waals surface area contributed by atoms with Crippen LogP contribution in [0.3, 0.4) is 0 Å². The molecule has 0 fully saturated rings. The first-order chi connectivity index (χ1) is 13.2. The van der Waals surface area contributed by atoms with Crippen LogP contribution < -0.4 is 5.43 Å². The molecule has 144 valence electrons. The third-order valence-corrected chi connectivity index (χ3v) is 5.13. The van der Waals surface area contributed by atoms with Crippen LogP contribution >= 0.6 is 55.1 Å². The van der Waals surface area contributed by atoms with E-state index in [1.54, 1.807) is 25.1 Å². The smallest absolute Gasteiger partial charge is 0.165 e. The lowest BCUT2D eigenvalue weighted by atomic mass is 10.2. The van der Waals surface area contributed by atoms with E-state index in [0.29, 0.717) is 38.0 Å². The molecular formula is C18H12Br2Cl2N4O2. The van der Waals surface area contributed by atoms with Crippen molar-refractivity contribution in [3.05, 3.63) is 60.6 Å². The molecule has 3 rings (SSSR count). The van der Waals surface area contributed by atoms with Gasteiger partial charge < -0.3 is 10.2 Å². The number of benzene rings is 2. The first-order valence-corrected chi connectivity index (χ1v) is 10.1.